The van der Waals surface area contributed by atoms with Gasteiger partial charge in [-0.05, 0) is 30.0 Å². The molecule has 0 aliphatic carbocycles. The number of amides is 1. The topological polar surface area (TPSA) is 32.3 Å². The highest BCUT2D eigenvalue weighted by Gasteiger charge is 2.06. The van der Waals surface area contributed by atoms with E-state index in [-0.39, 0.29) is 5.91 Å². The molecule has 0 saturated heterocycles. The van der Waals surface area contributed by atoms with Gasteiger partial charge in [0.2, 0.25) is 5.91 Å². The lowest BCUT2D eigenvalue weighted by Crippen LogP contribution is -2.36. The van der Waals surface area contributed by atoms with Crippen LogP contribution in [-0.2, 0) is 11.2 Å². The minimum atomic E-state index is 0.0582. The third-order valence-corrected chi connectivity index (χ3v) is 3.79. The van der Waals surface area contributed by atoms with Crippen LogP contribution in [0, 0.1) is 0 Å². The largest absolute Gasteiger partial charge is 0.365 e. The van der Waals surface area contributed by atoms with Crippen LogP contribution in [0.4, 0.5) is 5.69 Å². The van der Waals surface area contributed by atoms with Crippen LogP contribution in [0.3, 0.4) is 0 Å². The quantitative estimate of drug-likeness (QED) is 0.878. The highest BCUT2D eigenvalue weighted by atomic mass is 32.1. The van der Waals surface area contributed by atoms with Gasteiger partial charge in [0.25, 0.3) is 0 Å². The lowest BCUT2D eigenvalue weighted by atomic mass is 10.3. The van der Waals surface area contributed by atoms with E-state index < -0.39 is 0 Å². The number of carbonyl (C=O) groups excluding carboxylic acids is 1. The molecule has 0 atom stereocenters. The zero-order valence-electron chi connectivity index (χ0n) is 11.0. The molecule has 0 radical (unpaired) electrons. The average Bonchev–Trinajstić information content (AvgIpc) is 2.93. The second kappa shape index (κ2) is 6.95. The Hall–Kier alpha value is -1.81. The summed E-state index contributed by atoms with van der Waals surface area (Å²) in [6.45, 7) is 1.08. The molecule has 19 heavy (non-hydrogen) atoms. The van der Waals surface area contributed by atoms with E-state index in [1.165, 1.54) is 4.88 Å². The van der Waals surface area contributed by atoms with Gasteiger partial charge in [0, 0.05) is 24.2 Å². The summed E-state index contributed by atoms with van der Waals surface area (Å²) in [6, 6.07) is 14.0. The second-order valence-corrected chi connectivity index (χ2v) is 5.40. The van der Waals surface area contributed by atoms with E-state index in [4.69, 9.17) is 0 Å². The molecule has 4 heteroatoms. The molecule has 0 spiro atoms. The van der Waals surface area contributed by atoms with Crippen molar-refractivity contribution in [3.05, 3.63) is 52.7 Å². The Bertz CT molecular complexity index is 496. The van der Waals surface area contributed by atoms with E-state index in [0.29, 0.717) is 13.1 Å². The van der Waals surface area contributed by atoms with E-state index in [0.717, 1.165) is 12.1 Å². The lowest BCUT2D eigenvalue weighted by Gasteiger charge is -2.18. The molecule has 0 aliphatic rings. The Kier molecular flexibility index (Phi) is 4.98. The Morgan fingerprint density at radius 2 is 2.00 bits per heavy atom. The van der Waals surface area contributed by atoms with Crippen molar-refractivity contribution in [2.75, 3.05) is 25.0 Å². The maximum atomic E-state index is 11.8. The number of nitrogens with zero attached hydrogens (tertiary/aromatic N) is 1. The molecule has 1 aromatic heterocycles. The fraction of sp³-hybridized carbons (Fsp3) is 0.267. The first-order valence-corrected chi connectivity index (χ1v) is 7.19. The summed E-state index contributed by atoms with van der Waals surface area (Å²) in [6.07, 6.45) is 0.901. The van der Waals surface area contributed by atoms with E-state index in [1.54, 1.807) is 11.3 Å². The van der Waals surface area contributed by atoms with Crippen molar-refractivity contribution in [2.24, 2.45) is 0 Å². The van der Waals surface area contributed by atoms with Gasteiger partial charge in [-0.25, -0.2) is 0 Å². The molecular weight excluding hydrogens is 256 g/mol. The number of carbonyl (C=O) groups is 1. The van der Waals surface area contributed by atoms with Crippen molar-refractivity contribution in [3.8, 4) is 0 Å². The van der Waals surface area contributed by atoms with E-state index in [1.807, 2.05) is 48.3 Å². The molecule has 0 fully saturated rings. The maximum absolute atomic E-state index is 11.8. The van der Waals surface area contributed by atoms with E-state index >= 15 is 0 Å². The zero-order chi connectivity index (χ0) is 13.5. The van der Waals surface area contributed by atoms with Crippen molar-refractivity contribution in [3.63, 3.8) is 0 Å². The fourth-order valence-corrected chi connectivity index (χ4v) is 2.53. The summed E-state index contributed by atoms with van der Waals surface area (Å²) >= 11 is 1.72. The summed E-state index contributed by atoms with van der Waals surface area (Å²) in [5, 5.41) is 5.00. The van der Waals surface area contributed by atoms with Crippen LogP contribution < -0.4 is 10.2 Å². The first kappa shape index (κ1) is 13.6. The molecule has 1 N–H and O–H groups in total. The number of benzene rings is 1. The van der Waals surface area contributed by atoms with Crippen LogP contribution >= 0.6 is 11.3 Å². The number of hydrogen-bond donors (Lipinski definition) is 1. The highest BCUT2D eigenvalue weighted by molar-refractivity contribution is 7.09. The third-order valence-electron chi connectivity index (χ3n) is 2.85. The molecule has 2 aromatic rings. The highest BCUT2D eigenvalue weighted by Crippen LogP contribution is 2.10. The Labute approximate surface area is 117 Å². The van der Waals surface area contributed by atoms with Gasteiger partial charge in [0.15, 0.2) is 0 Å². The van der Waals surface area contributed by atoms with Gasteiger partial charge in [0.05, 0.1) is 6.54 Å². The lowest BCUT2D eigenvalue weighted by molar-refractivity contribution is -0.119. The number of rotatable bonds is 6. The van der Waals surface area contributed by atoms with Crippen molar-refractivity contribution in [2.45, 2.75) is 6.42 Å². The molecule has 1 amide bonds. The monoisotopic (exact) mass is 274 g/mol. The van der Waals surface area contributed by atoms with Crippen LogP contribution in [-0.4, -0.2) is 26.0 Å². The summed E-state index contributed by atoms with van der Waals surface area (Å²) in [7, 11) is 1.92. The first-order valence-electron chi connectivity index (χ1n) is 6.31. The SMILES string of the molecule is CN(CC(=O)NCCc1cccs1)c1ccccc1. The standard InChI is InChI=1S/C15H18N2OS/c1-17(13-6-3-2-4-7-13)12-15(18)16-10-9-14-8-5-11-19-14/h2-8,11H,9-10,12H2,1H3,(H,16,18). The summed E-state index contributed by atoms with van der Waals surface area (Å²) in [4.78, 5) is 15.1. The first-order chi connectivity index (χ1) is 9.25. The number of thiophene rings is 1. The molecule has 3 nitrogen and oxygen atoms in total. The second-order valence-electron chi connectivity index (χ2n) is 4.37. The molecule has 2 rings (SSSR count). The van der Waals surface area contributed by atoms with Gasteiger partial charge in [0.1, 0.15) is 0 Å². The van der Waals surface area contributed by atoms with Crippen molar-refractivity contribution >= 4 is 22.9 Å². The van der Waals surface area contributed by atoms with Gasteiger partial charge in [-0.15, -0.1) is 11.3 Å². The summed E-state index contributed by atoms with van der Waals surface area (Å²) in [5.74, 6) is 0.0582. The maximum Gasteiger partial charge on any atom is 0.239 e. The molecule has 1 heterocycles. The van der Waals surface area contributed by atoms with Crippen LogP contribution in [0.15, 0.2) is 47.8 Å². The van der Waals surface area contributed by atoms with Crippen LogP contribution in [0.2, 0.25) is 0 Å². The molecule has 0 unspecified atom stereocenters. The minimum absolute atomic E-state index is 0.0582. The van der Waals surface area contributed by atoms with Crippen molar-refractivity contribution in [1.82, 2.24) is 5.32 Å². The minimum Gasteiger partial charge on any atom is -0.365 e. The van der Waals surface area contributed by atoms with Gasteiger partial charge < -0.3 is 10.2 Å². The summed E-state index contributed by atoms with van der Waals surface area (Å²) in [5.41, 5.74) is 1.05. The molecule has 0 saturated carbocycles. The van der Waals surface area contributed by atoms with Gasteiger partial charge in [-0.3, -0.25) is 4.79 Å². The fourth-order valence-electron chi connectivity index (χ4n) is 1.83. The van der Waals surface area contributed by atoms with E-state index in [2.05, 4.69) is 16.8 Å². The number of nitrogens with one attached hydrogen (secondary N) is 1. The van der Waals surface area contributed by atoms with Crippen LogP contribution in [0.5, 0.6) is 0 Å². The molecule has 0 bridgehead atoms. The predicted octanol–water partition coefficient (Wildman–Crippen LogP) is 2.54. The Morgan fingerprint density at radius 3 is 2.68 bits per heavy atom. The Morgan fingerprint density at radius 1 is 1.21 bits per heavy atom. The van der Waals surface area contributed by atoms with Gasteiger partial charge >= 0.3 is 0 Å². The number of anilines is 1. The number of likely N-dealkylation sites (N-methyl/N-ethyl adjacent to an activating group) is 1. The average molecular weight is 274 g/mol. The Balaban J connectivity index is 1.72. The smallest absolute Gasteiger partial charge is 0.239 e. The van der Waals surface area contributed by atoms with Gasteiger partial charge in [-0.1, -0.05) is 24.3 Å². The molecular formula is C15H18N2OS. The molecule has 1 aromatic carbocycles. The molecule has 0 aliphatic heterocycles. The number of hydrogen-bond acceptors (Lipinski definition) is 3. The van der Waals surface area contributed by atoms with E-state index in [9.17, 15) is 4.79 Å². The molecule has 100 valence electrons. The van der Waals surface area contributed by atoms with Gasteiger partial charge in [-0.2, -0.15) is 0 Å². The van der Waals surface area contributed by atoms with Crippen molar-refractivity contribution in [1.29, 1.82) is 0 Å². The zero-order valence-corrected chi connectivity index (χ0v) is 11.8. The number of para-hydroxylation sites is 1. The summed E-state index contributed by atoms with van der Waals surface area (Å²) < 4.78 is 0. The third kappa shape index (κ3) is 4.41. The van der Waals surface area contributed by atoms with Crippen molar-refractivity contribution < 1.29 is 4.79 Å². The van der Waals surface area contributed by atoms with Crippen LogP contribution in [0.1, 0.15) is 4.88 Å². The van der Waals surface area contributed by atoms with Crippen LogP contribution in [0.25, 0.3) is 0 Å². The normalized spacial score (nSPS) is 10.2. The predicted molar refractivity (Wildman–Crippen MR) is 80.7 cm³/mol.